The van der Waals surface area contributed by atoms with Crippen LogP contribution < -0.4 is 9.47 Å². The molecule has 5 atom stereocenters. The van der Waals surface area contributed by atoms with E-state index in [1.807, 2.05) is 25.1 Å². The fourth-order valence-electron chi connectivity index (χ4n) is 3.29. The van der Waals surface area contributed by atoms with Gasteiger partial charge in [0, 0.05) is 0 Å². The van der Waals surface area contributed by atoms with Crippen molar-refractivity contribution in [3.05, 3.63) is 47.0 Å². The lowest BCUT2D eigenvalue weighted by Crippen LogP contribution is -2.66. The number of aliphatic hydroxyl groups is 4. The van der Waals surface area contributed by atoms with Crippen LogP contribution in [0.15, 0.2) is 36.4 Å². The maximum Gasteiger partial charge on any atom is 0.231 e. The van der Waals surface area contributed by atoms with Gasteiger partial charge in [-0.3, -0.25) is 0 Å². The van der Waals surface area contributed by atoms with Crippen LogP contribution in [-0.2, 0) is 4.74 Å². The van der Waals surface area contributed by atoms with Crippen molar-refractivity contribution in [2.24, 2.45) is 0 Å². The molecule has 2 aromatic carbocycles. The number of methoxy groups -OCH3 is 1. The molecular weight excluding hydrogens is 400 g/mol. The minimum atomic E-state index is -1.88. The number of aliphatic hydroxyl groups excluding tert-OH is 3. The maximum atomic E-state index is 10.6. The van der Waals surface area contributed by atoms with Gasteiger partial charge < -0.3 is 34.6 Å². The molecule has 8 heteroatoms. The molecule has 3 rings (SSSR count). The van der Waals surface area contributed by atoms with Crippen LogP contribution >= 0.6 is 11.6 Å². The lowest BCUT2D eigenvalue weighted by molar-refractivity contribution is -0.314. The molecule has 158 valence electrons. The molecule has 0 amide bonds. The second-order valence-electron chi connectivity index (χ2n) is 7.30. The van der Waals surface area contributed by atoms with E-state index >= 15 is 0 Å². The standard InChI is InChI=1S/C21H25ClO7/c1-11-8-12(13-5-7-16(27-3)14(22)9-13)4-6-15(11)28-20-21(2,26)19(25)18(24)17(10-23)29-20/h4-9,17-20,23-26H,10H2,1-3H3. The van der Waals surface area contributed by atoms with Gasteiger partial charge in [-0.05, 0) is 54.8 Å². The molecule has 0 radical (unpaired) electrons. The zero-order chi connectivity index (χ0) is 21.3. The Morgan fingerprint density at radius 2 is 1.72 bits per heavy atom. The molecular formula is C21H25ClO7. The van der Waals surface area contributed by atoms with Crippen molar-refractivity contribution in [1.82, 2.24) is 0 Å². The molecule has 1 aliphatic rings. The third kappa shape index (κ3) is 4.21. The maximum absolute atomic E-state index is 10.6. The van der Waals surface area contributed by atoms with Crippen molar-refractivity contribution < 1.29 is 34.6 Å². The fourth-order valence-corrected chi connectivity index (χ4v) is 3.54. The lowest BCUT2D eigenvalue weighted by Gasteiger charge is -2.45. The highest BCUT2D eigenvalue weighted by Gasteiger charge is 2.53. The Morgan fingerprint density at radius 1 is 1.10 bits per heavy atom. The Morgan fingerprint density at radius 3 is 2.28 bits per heavy atom. The first kappa shape index (κ1) is 21.8. The zero-order valence-corrected chi connectivity index (χ0v) is 17.1. The van der Waals surface area contributed by atoms with E-state index in [1.54, 1.807) is 25.3 Å². The van der Waals surface area contributed by atoms with Gasteiger partial charge in [0.15, 0.2) is 5.60 Å². The van der Waals surface area contributed by atoms with E-state index in [0.717, 1.165) is 16.7 Å². The summed E-state index contributed by atoms with van der Waals surface area (Å²) in [7, 11) is 1.55. The van der Waals surface area contributed by atoms with E-state index in [-0.39, 0.29) is 0 Å². The van der Waals surface area contributed by atoms with Gasteiger partial charge in [-0.15, -0.1) is 0 Å². The number of halogens is 1. The molecule has 2 aromatic rings. The molecule has 1 heterocycles. The summed E-state index contributed by atoms with van der Waals surface area (Å²) in [4.78, 5) is 0. The molecule has 0 spiro atoms. The highest BCUT2D eigenvalue weighted by molar-refractivity contribution is 6.32. The molecule has 0 bridgehead atoms. The molecule has 7 nitrogen and oxygen atoms in total. The molecule has 1 aliphatic heterocycles. The lowest BCUT2D eigenvalue weighted by atomic mass is 9.88. The predicted molar refractivity (Wildman–Crippen MR) is 107 cm³/mol. The molecule has 1 saturated heterocycles. The van der Waals surface area contributed by atoms with Crippen molar-refractivity contribution in [1.29, 1.82) is 0 Å². The van der Waals surface area contributed by atoms with Crippen molar-refractivity contribution in [3.63, 3.8) is 0 Å². The first-order valence-corrected chi connectivity index (χ1v) is 9.53. The molecule has 1 fully saturated rings. The summed E-state index contributed by atoms with van der Waals surface area (Å²) in [5, 5.41) is 40.6. The van der Waals surface area contributed by atoms with Gasteiger partial charge in [-0.2, -0.15) is 0 Å². The molecule has 5 unspecified atom stereocenters. The summed E-state index contributed by atoms with van der Waals surface area (Å²) in [6, 6.07) is 10.9. The van der Waals surface area contributed by atoms with Crippen molar-refractivity contribution in [2.45, 2.75) is 44.1 Å². The van der Waals surface area contributed by atoms with Crippen LogP contribution in [0, 0.1) is 6.92 Å². The van der Waals surface area contributed by atoms with Crippen LogP contribution in [0.4, 0.5) is 0 Å². The van der Waals surface area contributed by atoms with Crippen LogP contribution in [0.5, 0.6) is 11.5 Å². The Balaban J connectivity index is 1.84. The number of rotatable bonds is 5. The number of aryl methyl sites for hydroxylation is 1. The van der Waals surface area contributed by atoms with Crippen molar-refractivity contribution in [2.75, 3.05) is 13.7 Å². The van der Waals surface area contributed by atoms with Crippen LogP contribution in [0.2, 0.25) is 5.02 Å². The van der Waals surface area contributed by atoms with E-state index in [9.17, 15) is 20.4 Å². The van der Waals surface area contributed by atoms with Crippen LogP contribution in [-0.4, -0.2) is 64.3 Å². The summed E-state index contributed by atoms with van der Waals surface area (Å²) in [5.41, 5.74) is 0.680. The van der Waals surface area contributed by atoms with E-state index in [2.05, 4.69) is 0 Å². The zero-order valence-electron chi connectivity index (χ0n) is 16.4. The smallest absolute Gasteiger partial charge is 0.231 e. The minimum Gasteiger partial charge on any atom is -0.495 e. The second kappa shape index (κ2) is 8.47. The topological polar surface area (TPSA) is 109 Å². The molecule has 29 heavy (non-hydrogen) atoms. The number of benzene rings is 2. The highest BCUT2D eigenvalue weighted by atomic mass is 35.5. The molecule has 0 saturated carbocycles. The molecule has 4 N–H and O–H groups in total. The molecule has 0 aliphatic carbocycles. The third-order valence-electron chi connectivity index (χ3n) is 5.15. The van der Waals surface area contributed by atoms with Crippen LogP contribution in [0.1, 0.15) is 12.5 Å². The van der Waals surface area contributed by atoms with Crippen LogP contribution in [0.25, 0.3) is 11.1 Å². The minimum absolute atomic E-state index is 0.430. The first-order chi connectivity index (χ1) is 13.7. The van der Waals surface area contributed by atoms with Crippen LogP contribution in [0.3, 0.4) is 0 Å². The highest BCUT2D eigenvalue weighted by Crippen LogP contribution is 2.35. The van der Waals surface area contributed by atoms with Gasteiger partial charge in [-0.25, -0.2) is 0 Å². The first-order valence-electron chi connectivity index (χ1n) is 9.15. The third-order valence-corrected chi connectivity index (χ3v) is 5.45. The summed E-state index contributed by atoms with van der Waals surface area (Å²) in [6.07, 6.45) is -5.33. The Hall–Kier alpha value is -1.87. The van der Waals surface area contributed by atoms with E-state index < -0.39 is 36.8 Å². The average molecular weight is 425 g/mol. The monoisotopic (exact) mass is 424 g/mol. The Kier molecular flexibility index (Phi) is 6.38. The largest absolute Gasteiger partial charge is 0.495 e. The van der Waals surface area contributed by atoms with E-state index in [1.165, 1.54) is 6.92 Å². The van der Waals surface area contributed by atoms with Gasteiger partial charge >= 0.3 is 0 Å². The Labute approximate surface area is 174 Å². The summed E-state index contributed by atoms with van der Waals surface area (Å²) in [5.74, 6) is 1.02. The van der Waals surface area contributed by atoms with Crippen molar-refractivity contribution >= 4 is 11.6 Å². The predicted octanol–water partition coefficient (Wildman–Crippen LogP) is 1.89. The van der Waals surface area contributed by atoms with Gasteiger partial charge in [0.2, 0.25) is 6.29 Å². The number of hydrogen-bond donors (Lipinski definition) is 4. The van der Waals surface area contributed by atoms with Crippen molar-refractivity contribution in [3.8, 4) is 22.6 Å². The number of hydrogen-bond acceptors (Lipinski definition) is 7. The average Bonchev–Trinajstić information content (AvgIpc) is 2.69. The van der Waals surface area contributed by atoms with E-state index in [4.69, 9.17) is 25.8 Å². The normalized spacial score (nSPS) is 29.5. The summed E-state index contributed by atoms with van der Waals surface area (Å²) < 4.78 is 16.5. The van der Waals surface area contributed by atoms with E-state index in [0.29, 0.717) is 16.5 Å². The Bertz CT molecular complexity index is 870. The second-order valence-corrected chi connectivity index (χ2v) is 7.70. The summed E-state index contributed by atoms with van der Waals surface area (Å²) in [6.45, 7) is 2.61. The van der Waals surface area contributed by atoms with Gasteiger partial charge in [0.25, 0.3) is 0 Å². The SMILES string of the molecule is COc1ccc(-c2ccc(OC3OC(CO)C(O)C(O)C3(C)O)c(C)c2)cc1Cl. The fraction of sp³-hybridized carbons (Fsp3) is 0.429. The summed E-state index contributed by atoms with van der Waals surface area (Å²) >= 11 is 6.20. The molecule has 0 aromatic heterocycles. The van der Waals surface area contributed by atoms with Gasteiger partial charge in [0.1, 0.15) is 29.8 Å². The quantitative estimate of drug-likeness (QED) is 0.580. The van der Waals surface area contributed by atoms with Gasteiger partial charge in [-0.1, -0.05) is 23.7 Å². The van der Waals surface area contributed by atoms with Gasteiger partial charge in [0.05, 0.1) is 18.7 Å². The number of ether oxygens (including phenoxy) is 3.